The first-order valence-corrected chi connectivity index (χ1v) is 10.6. The van der Waals surface area contributed by atoms with Gasteiger partial charge >= 0.3 is 6.03 Å². The van der Waals surface area contributed by atoms with Gasteiger partial charge in [0.15, 0.2) is 0 Å². The molecular weight excluding hydrogens is 372 g/mol. The summed E-state index contributed by atoms with van der Waals surface area (Å²) in [5.41, 5.74) is 2.35. The van der Waals surface area contributed by atoms with Crippen LogP contribution in [0.2, 0.25) is 0 Å². The molecule has 0 unspecified atom stereocenters. The van der Waals surface area contributed by atoms with Crippen LogP contribution >= 0.6 is 11.3 Å². The van der Waals surface area contributed by atoms with E-state index in [1.807, 2.05) is 18.3 Å². The van der Waals surface area contributed by atoms with Gasteiger partial charge in [-0.15, -0.1) is 11.3 Å². The number of thiophene rings is 1. The minimum absolute atomic E-state index is 0.116. The van der Waals surface area contributed by atoms with E-state index in [1.54, 1.807) is 11.3 Å². The Bertz CT molecular complexity index is 887. The van der Waals surface area contributed by atoms with E-state index in [1.165, 1.54) is 15.8 Å². The Morgan fingerprint density at radius 2 is 2.04 bits per heavy atom. The minimum Gasteiger partial charge on any atom is -0.379 e. The van der Waals surface area contributed by atoms with Crippen molar-refractivity contribution in [2.75, 3.05) is 39.4 Å². The predicted octanol–water partition coefficient (Wildman–Crippen LogP) is 3.14. The van der Waals surface area contributed by atoms with Crippen molar-refractivity contribution in [1.82, 2.24) is 20.5 Å². The molecule has 1 aliphatic rings. The third-order valence-corrected chi connectivity index (χ3v) is 6.14. The van der Waals surface area contributed by atoms with Crippen LogP contribution in [0.4, 0.5) is 4.79 Å². The molecule has 28 heavy (non-hydrogen) atoms. The van der Waals surface area contributed by atoms with Gasteiger partial charge in [-0.05, 0) is 29.5 Å². The number of carbonyl (C=O) groups excluding carboxylic acids is 1. The Labute approximate surface area is 168 Å². The number of carbonyl (C=O) groups is 1. The van der Waals surface area contributed by atoms with E-state index in [9.17, 15) is 4.79 Å². The maximum Gasteiger partial charge on any atom is 0.314 e. The number of nitrogens with zero attached hydrogens (tertiary/aromatic N) is 1. The molecule has 0 spiro atoms. The van der Waals surface area contributed by atoms with E-state index >= 15 is 0 Å². The number of rotatable bonds is 7. The van der Waals surface area contributed by atoms with E-state index in [0.717, 1.165) is 38.2 Å². The first-order valence-electron chi connectivity index (χ1n) is 9.73. The van der Waals surface area contributed by atoms with Crippen molar-refractivity contribution >= 4 is 28.3 Å². The van der Waals surface area contributed by atoms with Crippen LogP contribution in [0.5, 0.6) is 0 Å². The highest BCUT2D eigenvalue weighted by Crippen LogP contribution is 2.25. The summed E-state index contributed by atoms with van der Waals surface area (Å²) in [4.78, 5) is 19.3. The number of para-hydroxylation sites is 1. The number of urea groups is 1. The summed E-state index contributed by atoms with van der Waals surface area (Å²) in [7, 11) is 0. The summed E-state index contributed by atoms with van der Waals surface area (Å²) in [6.45, 7) is 4.49. The highest BCUT2D eigenvalue weighted by molar-refractivity contribution is 7.10. The van der Waals surface area contributed by atoms with Gasteiger partial charge < -0.3 is 20.4 Å². The van der Waals surface area contributed by atoms with Gasteiger partial charge in [-0.2, -0.15) is 0 Å². The molecule has 1 aromatic carbocycles. The molecule has 1 saturated heterocycles. The van der Waals surface area contributed by atoms with Gasteiger partial charge in [0.05, 0.1) is 19.3 Å². The van der Waals surface area contributed by atoms with E-state index < -0.39 is 0 Å². The number of amides is 2. The van der Waals surface area contributed by atoms with Gasteiger partial charge in [-0.25, -0.2) is 4.79 Å². The van der Waals surface area contributed by atoms with Crippen molar-refractivity contribution in [3.05, 3.63) is 58.4 Å². The maximum atomic E-state index is 12.3. The third kappa shape index (κ3) is 4.55. The lowest BCUT2D eigenvalue weighted by atomic mass is 10.1. The SMILES string of the molecule is O=C(NCCc1c[nH]c2ccccc12)NC[C@@H](c1cccs1)N1CCOCC1. The molecule has 0 bridgehead atoms. The summed E-state index contributed by atoms with van der Waals surface area (Å²) in [6.07, 6.45) is 2.82. The van der Waals surface area contributed by atoms with Crippen LogP contribution in [0.3, 0.4) is 0 Å². The van der Waals surface area contributed by atoms with Crippen molar-refractivity contribution in [2.45, 2.75) is 12.5 Å². The number of aromatic amines is 1. The lowest BCUT2D eigenvalue weighted by molar-refractivity contribution is 0.0174. The quantitative estimate of drug-likeness (QED) is 0.573. The van der Waals surface area contributed by atoms with Crippen molar-refractivity contribution in [3.8, 4) is 0 Å². The van der Waals surface area contributed by atoms with Crippen molar-refractivity contribution < 1.29 is 9.53 Å². The lowest BCUT2D eigenvalue weighted by Crippen LogP contribution is -2.45. The molecule has 6 nitrogen and oxygen atoms in total. The van der Waals surface area contributed by atoms with Crippen LogP contribution in [0, 0.1) is 0 Å². The van der Waals surface area contributed by atoms with Crippen LogP contribution in [0.1, 0.15) is 16.5 Å². The third-order valence-electron chi connectivity index (χ3n) is 5.17. The Morgan fingerprint density at radius 3 is 2.86 bits per heavy atom. The Morgan fingerprint density at radius 1 is 1.18 bits per heavy atom. The van der Waals surface area contributed by atoms with E-state index in [0.29, 0.717) is 13.1 Å². The summed E-state index contributed by atoms with van der Waals surface area (Å²) < 4.78 is 5.47. The molecule has 148 valence electrons. The molecule has 0 radical (unpaired) electrons. The van der Waals surface area contributed by atoms with E-state index in [-0.39, 0.29) is 12.1 Å². The smallest absolute Gasteiger partial charge is 0.314 e. The molecule has 1 aliphatic heterocycles. The zero-order valence-corrected chi connectivity index (χ0v) is 16.6. The molecule has 0 aliphatic carbocycles. The van der Waals surface area contributed by atoms with Gasteiger partial charge in [0, 0.05) is 48.2 Å². The fourth-order valence-corrected chi connectivity index (χ4v) is 4.54. The Kier molecular flexibility index (Phi) is 6.26. The fourth-order valence-electron chi connectivity index (χ4n) is 3.68. The summed E-state index contributed by atoms with van der Waals surface area (Å²) in [5, 5.41) is 9.34. The van der Waals surface area contributed by atoms with E-state index in [4.69, 9.17) is 4.74 Å². The number of hydrogen-bond donors (Lipinski definition) is 3. The first kappa shape index (κ1) is 19.0. The second-order valence-electron chi connectivity index (χ2n) is 6.93. The number of benzene rings is 1. The monoisotopic (exact) mass is 398 g/mol. The predicted molar refractivity (Wildman–Crippen MR) is 113 cm³/mol. The number of fused-ring (bicyclic) bond motifs is 1. The van der Waals surface area contributed by atoms with Gasteiger partial charge in [0.1, 0.15) is 0 Å². The highest BCUT2D eigenvalue weighted by atomic mass is 32.1. The Balaban J connectivity index is 1.27. The summed E-state index contributed by atoms with van der Waals surface area (Å²) >= 11 is 1.74. The van der Waals surface area contributed by atoms with Gasteiger partial charge in [0.25, 0.3) is 0 Å². The molecule has 0 saturated carbocycles. The fraction of sp³-hybridized carbons (Fsp3) is 0.381. The van der Waals surface area contributed by atoms with Crippen molar-refractivity contribution in [3.63, 3.8) is 0 Å². The van der Waals surface area contributed by atoms with Crippen molar-refractivity contribution in [2.24, 2.45) is 0 Å². The number of aromatic nitrogens is 1. The van der Waals surface area contributed by atoms with Crippen LogP contribution in [-0.2, 0) is 11.2 Å². The topological polar surface area (TPSA) is 69.4 Å². The second-order valence-corrected chi connectivity index (χ2v) is 7.91. The minimum atomic E-state index is -0.116. The van der Waals surface area contributed by atoms with Gasteiger partial charge in [-0.1, -0.05) is 24.3 Å². The number of H-pyrrole nitrogens is 1. The molecule has 1 atom stereocenters. The molecule has 3 N–H and O–H groups in total. The van der Waals surface area contributed by atoms with Crippen LogP contribution in [0.25, 0.3) is 10.9 Å². The molecular formula is C21H26N4O2S. The van der Waals surface area contributed by atoms with Crippen molar-refractivity contribution in [1.29, 1.82) is 0 Å². The molecule has 4 rings (SSSR count). The summed E-state index contributed by atoms with van der Waals surface area (Å²) in [5.74, 6) is 0. The van der Waals surface area contributed by atoms with Crippen LogP contribution < -0.4 is 10.6 Å². The zero-order chi connectivity index (χ0) is 19.2. The lowest BCUT2D eigenvalue weighted by Gasteiger charge is -2.34. The molecule has 2 aromatic heterocycles. The molecule has 7 heteroatoms. The average molecular weight is 399 g/mol. The average Bonchev–Trinajstić information content (AvgIpc) is 3.40. The number of nitrogens with one attached hydrogen (secondary N) is 3. The molecule has 1 fully saturated rings. The van der Waals surface area contributed by atoms with Gasteiger partial charge in [0.2, 0.25) is 0 Å². The molecule has 2 amide bonds. The number of ether oxygens (including phenoxy) is 1. The second kappa shape index (κ2) is 9.23. The van der Waals surface area contributed by atoms with Gasteiger partial charge in [-0.3, -0.25) is 4.90 Å². The number of hydrogen-bond acceptors (Lipinski definition) is 4. The molecule has 3 heterocycles. The maximum absolute atomic E-state index is 12.3. The first-order chi connectivity index (χ1) is 13.8. The highest BCUT2D eigenvalue weighted by Gasteiger charge is 2.23. The normalized spacial score (nSPS) is 16.1. The van der Waals surface area contributed by atoms with Crippen LogP contribution in [-0.4, -0.2) is 55.3 Å². The Hall–Kier alpha value is -2.35. The molecule has 3 aromatic rings. The summed E-state index contributed by atoms with van der Waals surface area (Å²) in [6, 6.07) is 12.5. The van der Waals surface area contributed by atoms with E-state index in [2.05, 4.69) is 50.2 Å². The largest absolute Gasteiger partial charge is 0.379 e. The van der Waals surface area contributed by atoms with Crippen LogP contribution in [0.15, 0.2) is 48.0 Å². The number of morpholine rings is 1. The zero-order valence-electron chi connectivity index (χ0n) is 15.8. The standard InChI is InChI=1S/C21H26N4O2S/c26-21(22-8-7-16-14-23-18-5-2-1-4-17(16)18)24-15-19(20-6-3-13-28-20)25-9-11-27-12-10-25/h1-6,13-14,19,23H,7-12,15H2,(H2,22,24,26)/t19-/m0/s1.